The summed E-state index contributed by atoms with van der Waals surface area (Å²) in [5.41, 5.74) is 1.13. The van der Waals surface area contributed by atoms with Gasteiger partial charge in [-0.3, -0.25) is 9.59 Å². The Labute approximate surface area is 165 Å². The molecule has 3 aromatic rings. The van der Waals surface area contributed by atoms with Crippen LogP contribution >= 0.6 is 11.3 Å². The van der Waals surface area contributed by atoms with Crippen molar-refractivity contribution in [1.82, 2.24) is 0 Å². The second-order valence-electron chi connectivity index (χ2n) is 5.74. The van der Waals surface area contributed by atoms with E-state index in [2.05, 4.69) is 5.32 Å². The predicted octanol–water partition coefficient (Wildman–Crippen LogP) is 4.05. The van der Waals surface area contributed by atoms with Crippen LogP contribution in [0.25, 0.3) is 0 Å². The largest absolute Gasteiger partial charge is 0.497 e. The molecule has 0 saturated heterocycles. The molecule has 0 fully saturated rings. The van der Waals surface area contributed by atoms with Crippen LogP contribution in [0.4, 0.5) is 5.69 Å². The van der Waals surface area contributed by atoms with E-state index in [9.17, 15) is 14.4 Å². The van der Waals surface area contributed by atoms with Crippen LogP contribution in [0.1, 0.15) is 30.4 Å². The van der Waals surface area contributed by atoms with E-state index in [-0.39, 0.29) is 23.9 Å². The zero-order valence-corrected chi connectivity index (χ0v) is 15.8. The Hall–Kier alpha value is -3.45. The molecular formula is C21H17NO5S. The first kappa shape index (κ1) is 19.3. The molecular weight excluding hydrogens is 378 g/mol. The molecule has 1 N–H and O–H groups in total. The topological polar surface area (TPSA) is 81.7 Å². The predicted molar refractivity (Wildman–Crippen MR) is 106 cm³/mol. The van der Waals surface area contributed by atoms with Gasteiger partial charge in [-0.25, -0.2) is 4.79 Å². The maximum absolute atomic E-state index is 12.2. The van der Waals surface area contributed by atoms with Crippen molar-refractivity contribution in [3.63, 3.8) is 0 Å². The molecule has 0 aliphatic carbocycles. The van der Waals surface area contributed by atoms with Gasteiger partial charge >= 0.3 is 5.97 Å². The average Bonchev–Trinajstić information content (AvgIpc) is 3.27. The molecule has 2 aromatic carbocycles. The average molecular weight is 395 g/mol. The molecule has 0 bridgehead atoms. The van der Waals surface area contributed by atoms with E-state index < -0.39 is 5.97 Å². The molecule has 0 unspecified atom stereocenters. The second-order valence-corrected chi connectivity index (χ2v) is 6.69. The molecule has 7 heteroatoms. The van der Waals surface area contributed by atoms with Crippen LogP contribution in [0.2, 0.25) is 0 Å². The molecule has 0 aliphatic rings. The van der Waals surface area contributed by atoms with Gasteiger partial charge in [-0.2, -0.15) is 0 Å². The number of ketones is 1. The lowest BCUT2D eigenvalue weighted by Gasteiger charge is -2.08. The fourth-order valence-corrected chi connectivity index (χ4v) is 3.02. The lowest BCUT2D eigenvalue weighted by Crippen LogP contribution is -2.15. The van der Waals surface area contributed by atoms with E-state index in [1.54, 1.807) is 54.6 Å². The third kappa shape index (κ3) is 4.83. The molecule has 3 rings (SSSR count). The van der Waals surface area contributed by atoms with Crippen LogP contribution in [0, 0.1) is 0 Å². The summed E-state index contributed by atoms with van der Waals surface area (Å²) in [6.07, 6.45) is 0. The molecule has 28 heavy (non-hydrogen) atoms. The van der Waals surface area contributed by atoms with Gasteiger partial charge in [-0.1, -0.05) is 12.1 Å². The number of Topliss-reactive ketones (excluding diaryl/α,β-unsaturated/α-hetero) is 1. The minimum Gasteiger partial charge on any atom is -0.497 e. The number of rotatable bonds is 7. The van der Waals surface area contributed by atoms with Crippen LogP contribution in [0.15, 0.2) is 66.0 Å². The van der Waals surface area contributed by atoms with Crippen molar-refractivity contribution in [3.05, 3.63) is 82.0 Å². The van der Waals surface area contributed by atoms with Crippen LogP contribution in [-0.2, 0) is 4.74 Å². The first-order valence-electron chi connectivity index (χ1n) is 8.36. The number of ether oxygens (including phenoxy) is 2. The SMILES string of the molecule is COc1ccc(C(=O)COC(=O)c2cccc(NC(=O)c3cccs3)c2)cc1. The summed E-state index contributed by atoms with van der Waals surface area (Å²) in [4.78, 5) is 37.1. The number of thiophene rings is 1. The van der Waals surface area contributed by atoms with Gasteiger partial charge in [0.25, 0.3) is 5.91 Å². The van der Waals surface area contributed by atoms with E-state index in [1.165, 1.54) is 24.5 Å². The summed E-state index contributed by atoms with van der Waals surface area (Å²) in [7, 11) is 1.54. The van der Waals surface area contributed by atoms with Crippen molar-refractivity contribution in [2.24, 2.45) is 0 Å². The van der Waals surface area contributed by atoms with Crippen LogP contribution in [0.5, 0.6) is 5.75 Å². The standard InChI is InChI=1S/C21H17NO5S/c1-26-17-9-7-14(8-10-17)18(23)13-27-21(25)15-4-2-5-16(12-15)22-20(24)19-6-3-11-28-19/h2-12H,13H2,1H3,(H,22,24). The number of hydrogen-bond acceptors (Lipinski definition) is 6. The summed E-state index contributed by atoms with van der Waals surface area (Å²) in [5.74, 6) is -0.586. The number of hydrogen-bond donors (Lipinski definition) is 1. The van der Waals surface area contributed by atoms with Crippen LogP contribution < -0.4 is 10.1 Å². The summed E-state index contributed by atoms with van der Waals surface area (Å²) in [6, 6.07) is 16.4. The summed E-state index contributed by atoms with van der Waals surface area (Å²) in [6.45, 7) is -0.378. The number of amides is 1. The highest BCUT2D eigenvalue weighted by Gasteiger charge is 2.13. The van der Waals surface area contributed by atoms with Gasteiger partial charge in [-0.05, 0) is 53.9 Å². The lowest BCUT2D eigenvalue weighted by atomic mass is 10.1. The Morgan fingerprint density at radius 2 is 1.75 bits per heavy atom. The first-order valence-corrected chi connectivity index (χ1v) is 9.24. The van der Waals surface area contributed by atoms with E-state index in [0.29, 0.717) is 21.9 Å². The Bertz CT molecular complexity index is 980. The lowest BCUT2D eigenvalue weighted by molar-refractivity contribution is 0.0474. The van der Waals surface area contributed by atoms with E-state index in [1.807, 2.05) is 5.38 Å². The monoisotopic (exact) mass is 395 g/mol. The molecule has 142 valence electrons. The maximum atomic E-state index is 12.2. The van der Waals surface area contributed by atoms with Crippen molar-refractivity contribution in [3.8, 4) is 5.75 Å². The third-order valence-electron chi connectivity index (χ3n) is 3.85. The van der Waals surface area contributed by atoms with Gasteiger partial charge in [0.1, 0.15) is 5.75 Å². The van der Waals surface area contributed by atoms with Gasteiger partial charge in [0.05, 0.1) is 17.6 Å². The van der Waals surface area contributed by atoms with Crippen molar-refractivity contribution < 1.29 is 23.9 Å². The number of nitrogens with one attached hydrogen (secondary N) is 1. The van der Waals surface area contributed by atoms with E-state index in [4.69, 9.17) is 9.47 Å². The Kier molecular flexibility index (Phi) is 6.18. The number of carbonyl (C=O) groups excluding carboxylic acids is 3. The van der Waals surface area contributed by atoms with Crippen molar-refractivity contribution >= 4 is 34.7 Å². The highest BCUT2D eigenvalue weighted by molar-refractivity contribution is 7.12. The zero-order chi connectivity index (χ0) is 19.9. The van der Waals surface area contributed by atoms with Crippen molar-refractivity contribution in [1.29, 1.82) is 0 Å². The Morgan fingerprint density at radius 1 is 0.964 bits per heavy atom. The van der Waals surface area contributed by atoms with E-state index in [0.717, 1.165) is 0 Å². The Morgan fingerprint density at radius 3 is 2.43 bits per heavy atom. The molecule has 0 atom stereocenters. The summed E-state index contributed by atoms with van der Waals surface area (Å²) < 4.78 is 10.1. The van der Waals surface area contributed by atoms with Gasteiger partial charge in [0.2, 0.25) is 0 Å². The summed E-state index contributed by atoms with van der Waals surface area (Å²) in [5, 5.41) is 4.53. The second kappa shape index (κ2) is 8.96. The third-order valence-corrected chi connectivity index (χ3v) is 4.72. The maximum Gasteiger partial charge on any atom is 0.338 e. The van der Waals surface area contributed by atoms with Gasteiger partial charge in [0, 0.05) is 11.3 Å². The van der Waals surface area contributed by atoms with Crippen molar-refractivity contribution in [2.45, 2.75) is 0 Å². The van der Waals surface area contributed by atoms with Crippen LogP contribution in [-0.4, -0.2) is 31.4 Å². The smallest absolute Gasteiger partial charge is 0.338 e. The first-order chi connectivity index (χ1) is 13.6. The highest BCUT2D eigenvalue weighted by atomic mass is 32.1. The van der Waals surface area contributed by atoms with Crippen LogP contribution in [0.3, 0.4) is 0 Å². The molecule has 0 saturated carbocycles. The van der Waals surface area contributed by atoms with E-state index >= 15 is 0 Å². The number of benzene rings is 2. The molecule has 0 aliphatic heterocycles. The number of methoxy groups -OCH3 is 1. The minimum absolute atomic E-state index is 0.242. The quantitative estimate of drug-likeness (QED) is 0.482. The van der Waals surface area contributed by atoms with Gasteiger partial charge in [0.15, 0.2) is 12.4 Å². The molecule has 0 spiro atoms. The molecule has 1 aromatic heterocycles. The Balaban J connectivity index is 1.59. The number of carbonyl (C=O) groups is 3. The molecule has 1 heterocycles. The number of anilines is 1. The fraction of sp³-hybridized carbons (Fsp3) is 0.0952. The molecule has 1 amide bonds. The van der Waals surface area contributed by atoms with Gasteiger partial charge < -0.3 is 14.8 Å². The highest BCUT2D eigenvalue weighted by Crippen LogP contribution is 2.16. The fourth-order valence-electron chi connectivity index (χ4n) is 2.40. The minimum atomic E-state index is -0.644. The zero-order valence-electron chi connectivity index (χ0n) is 15.0. The van der Waals surface area contributed by atoms with Gasteiger partial charge in [-0.15, -0.1) is 11.3 Å². The van der Waals surface area contributed by atoms with Crippen molar-refractivity contribution in [2.75, 3.05) is 19.0 Å². The normalized spacial score (nSPS) is 10.2. The molecule has 0 radical (unpaired) electrons. The summed E-state index contributed by atoms with van der Waals surface area (Å²) >= 11 is 1.32. The molecule has 6 nitrogen and oxygen atoms in total. The number of esters is 1.